The van der Waals surface area contributed by atoms with Gasteiger partial charge in [0.15, 0.2) is 0 Å². The Labute approximate surface area is 131 Å². The van der Waals surface area contributed by atoms with E-state index >= 15 is 0 Å². The van der Waals surface area contributed by atoms with Crippen molar-refractivity contribution in [2.75, 3.05) is 36.0 Å². The van der Waals surface area contributed by atoms with E-state index in [2.05, 4.69) is 36.7 Å². The molecule has 2 aromatic rings. The fraction of sp³-hybridized carbons (Fsp3) is 0.500. The van der Waals surface area contributed by atoms with Gasteiger partial charge in [0.05, 0.1) is 0 Å². The molecule has 0 spiro atoms. The third kappa shape index (κ3) is 2.86. The summed E-state index contributed by atoms with van der Waals surface area (Å²) < 4.78 is 0. The van der Waals surface area contributed by atoms with Gasteiger partial charge in [-0.3, -0.25) is 0 Å². The largest absolute Gasteiger partial charge is 0.353 e. The van der Waals surface area contributed by atoms with Crippen LogP contribution in [0, 0.1) is 27.7 Å². The van der Waals surface area contributed by atoms with E-state index in [0.29, 0.717) is 0 Å². The average Bonchev–Trinajstić information content (AvgIpc) is 2.51. The molecule has 0 radical (unpaired) electrons. The van der Waals surface area contributed by atoms with Crippen molar-refractivity contribution in [3.63, 3.8) is 0 Å². The number of hydrogen-bond donors (Lipinski definition) is 0. The van der Waals surface area contributed by atoms with E-state index in [9.17, 15) is 0 Å². The van der Waals surface area contributed by atoms with Gasteiger partial charge in [0, 0.05) is 49.3 Å². The first-order valence-corrected chi connectivity index (χ1v) is 7.66. The van der Waals surface area contributed by atoms with Crippen molar-refractivity contribution in [3.8, 4) is 0 Å². The number of hydrogen-bond acceptors (Lipinski definition) is 6. The van der Waals surface area contributed by atoms with Crippen LogP contribution in [0.15, 0.2) is 12.3 Å². The fourth-order valence-electron chi connectivity index (χ4n) is 2.76. The van der Waals surface area contributed by atoms with Crippen LogP contribution in [0.25, 0.3) is 0 Å². The average molecular weight is 298 g/mol. The molecule has 3 heterocycles. The van der Waals surface area contributed by atoms with Gasteiger partial charge in [-0.15, -0.1) is 0 Å². The van der Waals surface area contributed by atoms with Gasteiger partial charge in [0.25, 0.3) is 0 Å². The van der Waals surface area contributed by atoms with Gasteiger partial charge in [0.2, 0.25) is 5.95 Å². The first kappa shape index (κ1) is 14.7. The zero-order chi connectivity index (χ0) is 15.7. The molecule has 6 heteroatoms. The smallest absolute Gasteiger partial charge is 0.225 e. The Morgan fingerprint density at radius 2 is 1.55 bits per heavy atom. The molecule has 0 saturated carbocycles. The number of aryl methyl sites for hydroxylation is 3. The summed E-state index contributed by atoms with van der Waals surface area (Å²) in [7, 11) is 0. The summed E-state index contributed by atoms with van der Waals surface area (Å²) in [6.45, 7) is 11.8. The van der Waals surface area contributed by atoms with E-state index in [0.717, 1.165) is 55.2 Å². The van der Waals surface area contributed by atoms with E-state index in [4.69, 9.17) is 0 Å². The molecule has 1 fully saturated rings. The summed E-state index contributed by atoms with van der Waals surface area (Å²) in [5, 5.41) is 0. The number of anilines is 2. The van der Waals surface area contributed by atoms with Gasteiger partial charge in [-0.2, -0.15) is 0 Å². The lowest BCUT2D eigenvalue weighted by Gasteiger charge is -2.36. The minimum atomic E-state index is 0.825. The normalized spacial score (nSPS) is 15.3. The predicted molar refractivity (Wildman–Crippen MR) is 87.4 cm³/mol. The molecule has 0 bridgehead atoms. The molecule has 0 aliphatic carbocycles. The van der Waals surface area contributed by atoms with Crippen molar-refractivity contribution < 1.29 is 0 Å². The Kier molecular flexibility index (Phi) is 3.92. The molecule has 116 valence electrons. The van der Waals surface area contributed by atoms with Gasteiger partial charge >= 0.3 is 0 Å². The monoisotopic (exact) mass is 298 g/mol. The Hall–Kier alpha value is -2.24. The lowest BCUT2D eigenvalue weighted by atomic mass is 10.2. The first-order valence-electron chi connectivity index (χ1n) is 7.66. The molecular formula is C16H22N6. The van der Waals surface area contributed by atoms with E-state index in [-0.39, 0.29) is 0 Å². The zero-order valence-electron chi connectivity index (χ0n) is 13.7. The number of nitrogens with zero attached hydrogens (tertiary/aromatic N) is 6. The molecule has 22 heavy (non-hydrogen) atoms. The molecule has 0 unspecified atom stereocenters. The first-order chi connectivity index (χ1) is 10.5. The molecule has 3 rings (SSSR count). The van der Waals surface area contributed by atoms with Crippen molar-refractivity contribution in [2.45, 2.75) is 27.7 Å². The second kappa shape index (κ2) is 5.87. The maximum absolute atomic E-state index is 4.63. The minimum Gasteiger partial charge on any atom is -0.353 e. The third-order valence-electron chi connectivity index (χ3n) is 4.12. The Morgan fingerprint density at radius 3 is 2.23 bits per heavy atom. The highest BCUT2D eigenvalue weighted by Gasteiger charge is 2.22. The molecule has 0 atom stereocenters. The molecule has 1 saturated heterocycles. The van der Waals surface area contributed by atoms with Crippen LogP contribution < -0.4 is 9.80 Å². The van der Waals surface area contributed by atoms with Gasteiger partial charge in [-0.1, -0.05) is 0 Å². The van der Waals surface area contributed by atoms with Gasteiger partial charge < -0.3 is 9.80 Å². The summed E-state index contributed by atoms with van der Waals surface area (Å²) in [5.41, 5.74) is 3.24. The predicted octanol–water partition coefficient (Wildman–Crippen LogP) is 1.83. The second-order valence-electron chi connectivity index (χ2n) is 5.78. The summed E-state index contributed by atoms with van der Waals surface area (Å²) in [6.07, 6.45) is 1.82. The number of rotatable bonds is 2. The topological polar surface area (TPSA) is 58.0 Å². The number of piperazine rings is 1. The van der Waals surface area contributed by atoms with Crippen molar-refractivity contribution in [1.29, 1.82) is 0 Å². The highest BCUT2D eigenvalue weighted by molar-refractivity contribution is 5.50. The van der Waals surface area contributed by atoms with E-state index < -0.39 is 0 Å². The molecule has 6 nitrogen and oxygen atoms in total. The van der Waals surface area contributed by atoms with Crippen LogP contribution in [0.4, 0.5) is 11.8 Å². The van der Waals surface area contributed by atoms with Crippen LogP contribution in [-0.4, -0.2) is 46.1 Å². The van der Waals surface area contributed by atoms with Crippen LogP contribution in [0.1, 0.15) is 22.8 Å². The molecule has 0 amide bonds. The zero-order valence-corrected chi connectivity index (χ0v) is 13.7. The van der Waals surface area contributed by atoms with E-state index in [1.54, 1.807) is 0 Å². The van der Waals surface area contributed by atoms with Crippen molar-refractivity contribution in [1.82, 2.24) is 19.9 Å². The van der Waals surface area contributed by atoms with Crippen LogP contribution in [0.5, 0.6) is 0 Å². The summed E-state index contributed by atoms with van der Waals surface area (Å²) in [6, 6.07) is 1.93. The SMILES string of the molecule is Cc1ccnc(N2CCN(c3nc(C)nc(C)c3C)CC2)n1. The lowest BCUT2D eigenvalue weighted by Crippen LogP contribution is -2.47. The summed E-state index contributed by atoms with van der Waals surface area (Å²) in [4.78, 5) is 22.5. The quantitative estimate of drug-likeness (QED) is 0.843. The minimum absolute atomic E-state index is 0.825. The molecule has 1 aliphatic heterocycles. The standard InChI is InChI=1S/C16H22N6/c1-11-5-6-17-16(18-11)22-9-7-21(8-10-22)15-12(2)13(3)19-14(4)20-15/h5-6H,7-10H2,1-4H3. The maximum atomic E-state index is 4.63. The lowest BCUT2D eigenvalue weighted by molar-refractivity contribution is 0.630. The van der Waals surface area contributed by atoms with Crippen molar-refractivity contribution >= 4 is 11.8 Å². The molecule has 1 aliphatic rings. The molecular weight excluding hydrogens is 276 g/mol. The van der Waals surface area contributed by atoms with E-state index in [1.807, 2.05) is 33.0 Å². The second-order valence-corrected chi connectivity index (χ2v) is 5.78. The molecule has 2 aromatic heterocycles. The van der Waals surface area contributed by atoms with Crippen LogP contribution in [0.3, 0.4) is 0 Å². The van der Waals surface area contributed by atoms with Crippen molar-refractivity contribution in [2.24, 2.45) is 0 Å². The molecule has 0 N–H and O–H groups in total. The van der Waals surface area contributed by atoms with Crippen molar-refractivity contribution in [3.05, 3.63) is 35.0 Å². The Bertz CT molecular complexity index is 676. The van der Waals surface area contributed by atoms with Crippen LogP contribution in [-0.2, 0) is 0 Å². The van der Waals surface area contributed by atoms with Crippen LogP contribution >= 0.6 is 0 Å². The number of aromatic nitrogens is 4. The van der Waals surface area contributed by atoms with Gasteiger partial charge in [-0.05, 0) is 33.8 Å². The maximum Gasteiger partial charge on any atom is 0.225 e. The van der Waals surface area contributed by atoms with E-state index in [1.165, 1.54) is 5.56 Å². The fourth-order valence-corrected chi connectivity index (χ4v) is 2.76. The summed E-state index contributed by atoms with van der Waals surface area (Å²) in [5.74, 6) is 2.73. The Balaban J connectivity index is 1.75. The Morgan fingerprint density at radius 1 is 0.864 bits per heavy atom. The third-order valence-corrected chi connectivity index (χ3v) is 4.12. The van der Waals surface area contributed by atoms with Gasteiger partial charge in [-0.25, -0.2) is 19.9 Å². The van der Waals surface area contributed by atoms with Gasteiger partial charge in [0.1, 0.15) is 11.6 Å². The highest BCUT2D eigenvalue weighted by Crippen LogP contribution is 2.22. The molecule has 0 aromatic carbocycles. The van der Waals surface area contributed by atoms with Crippen LogP contribution in [0.2, 0.25) is 0 Å². The highest BCUT2D eigenvalue weighted by atomic mass is 15.3. The summed E-state index contributed by atoms with van der Waals surface area (Å²) >= 11 is 0.